The minimum Gasteiger partial charge on any atom is -0.361 e. The van der Waals surface area contributed by atoms with Crippen molar-refractivity contribution in [2.75, 3.05) is 13.1 Å². The summed E-state index contributed by atoms with van der Waals surface area (Å²) in [7, 11) is 0. The molecule has 0 radical (unpaired) electrons. The smallest absolute Gasteiger partial charge is 0.259 e. The van der Waals surface area contributed by atoms with Gasteiger partial charge in [0.05, 0.1) is 6.20 Å². The first-order chi connectivity index (χ1) is 7.18. The van der Waals surface area contributed by atoms with Gasteiger partial charge in [-0.1, -0.05) is 21.1 Å². The Labute approximate surface area is 96.7 Å². The van der Waals surface area contributed by atoms with Gasteiger partial charge in [0.1, 0.15) is 11.3 Å². The summed E-state index contributed by atoms with van der Waals surface area (Å²) in [4.78, 5) is 14.3. The fourth-order valence-corrected chi connectivity index (χ4v) is 2.46. The summed E-state index contributed by atoms with van der Waals surface area (Å²) < 4.78 is 4.89. The monoisotopic (exact) mass is 272 g/mol. The standard InChI is InChI=1S/C10H13BrN2O2/c1-7-9(5-12-15-7)10(14)13-4-2-3-8(11)6-13/h5,8H,2-4,6H2,1H3. The molecule has 1 aromatic rings. The second-order valence-corrected chi connectivity index (χ2v) is 5.08. The Morgan fingerprint density at radius 3 is 3.13 bits per heavy atom. The third-order valence-corrected chi connectivity index (χ3v) is 3.38. The van der Waals surface area contributed by atoms with Crippen molar-refractivity contribution in [2.24, 2.45) is 0 Å². The number of carbonyl (C=O) groups is 1. The summed E-state index contributed by atoms with van der Waals surface area (Å²) in [5, 5.41) is 3.62. The molecular weight excluding hydrogens is 260 g/mol. The van der Waals surface area contributed by atoms with E-state index < -0.39 is 0 Å². The number of halogens is 1. The van der Waals surface area contributed by atoms with Crippen molar-refractivity contribution in [1.29, 1.82) is 0 Å². The summed E-state index contributed by atoms with van der Waals surface area (Å²) in [6.45, 7) is 3.35. The fourth-order valence-electron chi connectivity index (χ4n) is 1.78. The van der Waals surface area contributed by atoms with E-state index in [1.807, 2.05) is 4.90 Å². The van der Waals surface area contributed by atoms with Gasteiger partial charge in [-0.05, 0) is 19.8 Å². The number of amides is 1. The lowest BCUT2D eigenvalue weighted by molar-refractivity contribution is 0.0728. The van der Waals surface area contributed by atoms with E-state index in [1.165, 1.54) is 6.20 Å². The number of nitrogens with zero attached hydrogens (tertiary/aromatic N) is 2. The molecular formula is C10H13BrN2O2. The molecule has 1 fully saturated rings. The van der Waals surface area contributed by atoms with Gasteiger partial charge in [0.25, 0.3) is 5.91 Å². The van der Waals surface area contributed by atoms with Gasteiger partial charge < -0.3 is 9.42 Å². The van der Waals surface area contributed by atoms with Crippen LogP contribution in [0, 0.1) is 6.92 Å². The van der Waals surface area contributed by atoms with E-state index >= 15 is 0 Å². The number of piperidine rings is 1. The molecule has 2 heterocycles. The summed E-state index contributed by atoms with van der Waals surface area (Å²) in [5.41, 5.74) is 0.580. The number of likely N-dealkylation sites (tertiary alicyclic amines) is 1. The van der Waals surface area contributed by atoms with E-state index in [2.05, 4.69) is 21.1 Å². The fraction of sp³-hybridized carbons (Fsp3) is 0.600. The van der Waals surface area contributed by atoms with Crippen LogP contribution in [0.15, 0.2) is 10.7 Å². The number of rotatable bonds is 1. The first-order valence-corrected chi connectivity index (χ1v) is 5.94. The van der Waals surface area contributed by atoms with Crippen LogP contribution in [0.4, 0.5) is 0 Å². The van der Waals surface area contributed by atoms with E-state index in [1.54, 1.807) is 6.92 Å². The summed E-state index contributed by atoms with van der Waals surface area (Å²) in [5.74, 6) is 0.620. The molecule has 4 nitrogen and oxygen atoms in total. The minimum absolute atomic E-state index is 0.0258. The van der Waals surface area contributed by atoms with Crippen molar-refractivity contribution in [3.63, 3.8) is 0 Å². The topological polar surface area (TPSA) is 46.3 Å². The third kappa shape index (κ3) is 2.22. The van der Waals surface area contributed by atoms with Gasteiger partial charge >= 0.3 is 0 Å². The van der Waals surface area contributed by atoms with E-state index in [9.17, 15) is 4.79 Å². The number of alkyl halides is 1. The van der Waals surface area contributed by atoms with Crippen molar-refractivity contribution in [1.82, 2.24) is 10.1 Å². The highest BCUT2D eigenvalue weighted by Gasteiger charge is 2.25. The molecule has 1 aromatic heterocycles. The molecule has 1 saturated heterocycles. The average Bonchev–Trinajstić information content (AvgIpc) is 2.63. The Morgan fingerprint density at radius 1 is 1.73 bits per heavy atom. The average molecular weight is 273 g/mol. The van der Waals surface area contributed by atoms with E-state index in [0.717, 1.165) is 25.9 Å². The first kappa shape index (κ1) is 10.7. The number of aromatic nitrogens is 1. The zero-order valence-electron chi connectivity index (χ0n) is 8.57. The first-order valence-electron chi connectivity index (χ1n) is 5.03. The molecule has 1 atom stereocenters. The number of hydrogen-bond acceptors (Lipinski definition) is 3. The molecule has 0 spiro atoms. The summed E-state index contributed by atoms with van der Waals surface area (Å²) in [6, 6.07) is 0. The van der Waals surface area contributed by atoms with Gasteiger partial charge in [-0.25, -0.2) is 0 Å². The number of carbonyl (C=O) groups excluding carboxylic acids is 1. The lowest BCUT2D eigenvalue weighted by atomic mass is 10.1. The summed E-state index contributed by atoms with van der Waals surface area (Å²) in [6.07, 6.45) is 3.67. The molecule has 0 N–H and O–H groups in total. The van der Waals surface area contributed by atoms with Crippen LogP contribution in [-0.2, 0) is 0 Å². The highest BCUT2D eigenvalue weighted by atomic mass is 79.9. The zero-order chi connectivity index (χ0) is 10.8. The van der Waals surface area contributed by atoms with Gasteiger partial charge in [-0.3, -0.25) is 4.79 Å². The van der Waals surface area contributed by atoms with Crippen LogP contribution < -0.4 is 0 Å². The Bertz CT molecular complexity index is 364. The van der Waals surface area contributed by atoms with Crippen LogP contribution in [0.2, 0.25) is 0 Å². The quantitative estimate of drug-likeness (QED) is 0.735. The second kappa shape index (κ2) is 4.35. The third-order valence-electron chi connectivity index (χ3n) is 2.63. The molecule has 1 aliphatic heterocycles. The molecule has 0 bridgehead atoms. The Kier molecular flexibility index (Phi) is 3.09. The van der Waals surface area contributed by atoms with Crippen LogP contribution in [0.5, 0.6) is 0 Å². The summed E-state index contributed by atoms with van der Waals surface area (Å²) >= 11 is 3.55. The van der Waals surface area contributed by atoms with Gasteiger partial charge in [0.2, 0.25) is 0 Å². The van der Waals surface area contributed by atoms with Crippen molar-refractivity contribution in [2.45, 2.75) is 24.6 Å². The normalized spacial score (nSPS) is 21.7. The molecule has 0 saturated carbocycles. The van der Waals surface area contributed by atoms with Gasteiger partial charge in [-0.15, -0.1) is 0 Å². The van der Waals surface area contributed by atoms with Crippen LogP contribution in [-0.4, -0.2) is 33.9 Å². The lowest BCUT2D eigenvalue weighted by Crippen LogP contribution is -2.40. The second-order valence-electron chi connectivity index (χ2n) is 3.79. The maximum atomic E-state index is 12.0. The minimum atomic E-state index is 0.0258. The zero-order valence-corrected chi connectivity index (χ0v) is 10.2. The van der Waals surface area contributed by atoms with E-state index in [-0.39, 0.29) is 5.91 Å². The molecule has 1 aliphatic rings. The maximum absolute atomic E-state index is 12.0. The number of aryl methyl sites for hydroxylation is 1. The maximum Gasteiger partial charge on any atom is 0.259 e. The predicted molar refractivity (Wildman–Crippen MR) is 59.1 cm³/mol. The molecule has 1 amide bonds. The predicted octanol–water partition coefficient (Wildman–Crippen LogP) is 1.98. The van der Waals surface area contributed by atoms with Crippen LogP contribution in [0.3, 0.4) is 0 Å². The van der Waals surface area contributed by atoms with Gasteiger partial charge in [0.15, 0.2) is 0 Å². The highest BCUT2D eigenvalue weighted by Crippen LogP contribution is 2.19. The van der Waals surface area contributed by atoms with Crippen molar-refractivity contribution >= 4 is 21.8 Å². The van der Waals surface area contributed by atoms with Crippen LogP contribution in [0.25, 0.3) is 0 Å². The van der Waals surface area contributed by atoms with Crippen LogP contribution in [0.1, 0.15) is 29.0 Å². The Hall–Kier alpha value is -0.840. The van der Waals surface area contributed by atoms with Crippen molar-refractivity contribution < 1.29 is 9.32 Å². The molecule has 0 aliphatic carbocycles. The van der Waals surface area contributed by atoms with Crippen molar-refractivity contribution in [3.8, 4) is 0 Å². The molecule has 0 aromatic carbocycles. The van der Waals surface area contributed by atoms with Crippen LogP contribution >= 0.6 is 15.9 Å². The van der Waals surface area contributed by atoms with Crippen molar-refractivity contribution in [3.05, 3.63) is 17.5 Å². The van der Waals surface area contributed by atoms with E-state index in [0.29, 0.717) is 16.2 Å². The molecule has 1 unspecified atom stereocenters. The molecule has 2 rings (SSSR count). The van der Waals surface area contributed by atoms with Gasteiger partial charge in [-0.2, -0.15) is 0 Å². The Balaban J connectivity index is 2.11. The SMILES string of the molecule is Cc1oncc1C(=O)N1CCCC(Br)C1. The lowest BCUT2D eigenvalue weighted by Gasteiger charge is -2.29. The van der Waals surface area contributed by atoms with Gasteiger partial charge in [0, 0.05) is 17.9 Å². The Morgan fingerprint density at radius 2 is 2.53 bits per heavy atom. The molecule has 82 valence electrons. The molecule has 5 heteroatoms. The number of hydrogen-bond donors (Lipinski definition) is 0. The van der Waals surface area contributed by atoms with E-state index in [4.69, 9.17) is 4.52 Å². The molecule has 15 heavy (non-hydrogen) atoms. The highest BCUT2D eigenvalue weighted by molar-refractivity contribution is 9.09. The largest absolute Gasteiger partial charge is 0.361 e.